The van der Waals surface area contributed by atoms with Crippen LogP contribution in [0, 0.1) is 10.1 Å². The second kappa shape index (κ2) is 6.00. The first-order valence-electron chi connectivity index (χ1n) is 6.14. The van der Waals surface area contributed by atoms with E-state index in [1.807, 2.05) is 37.3 Å². The largest absolute Gasteiger partial charge is 0.489 e. The van der Waals surface area contributed by atoms with Gasteiger partial charge in [0.15, 0.2) is 0 Å². The second-order valence-electron chi connectivity index (χ2n) is 4.18. The van der Waals surface area contributed by atoms with E-state index in [2.05, 4.69) is 0 Å². The van der Waals surface area contributed by atoms with Crippen LogP contribution in [0.3, 0.4) is 0 Å². The molecule has 0 atom stereocenters. The number of aryl methyl sites for hydroxylation is 1. The molecule has 0 unspecified atom stereocenters. The summed E-state index contributed by atoms with van der Waals surface area (Å²) >= 11 is 0. The van der Waals surface area contributed by atoms with Crippen LogP contribution in [-0.2, 0) is 13.0 Å². The zero-order chi connectivity index (χ0) is 13.7. The van der Waals surface area contributed by atoms with Gasteiger partial charge in [0.05, 0.1) is 4.92 Å². The van der Waals surface area contributed by atoms with Gasteiger partial charge in [-0.3, -0.25) is 10.1 Å². The highest BCUT2D eigenvalue weighted by atomic mass is 16.6. The molecule has 0 amide bonds. The number of non-ortho nitro benzene ring substituents is 1. The SMILES string of the molecule is CCc1cc([N+](=O)[O-])ccc1OCc1ccccc1. The van der Waals surface area contributed by atoms with Crippen molar-refractivity contribution in [1.82, 2.24) is 0 Å². The lowest BCUT2D eigenvalue weighted by Gasteiger charge is -2.10. The highest BCUT2D eigenvalue weighted by Gasteiger charge is 2.10. The number of nitrogens with zero attached hydrogens (tertiary/aromatic N) is 1. The fourth-order valence-electron chi connectivity index (χ4n) is 1.83. The molecule has 0 N–H and O–H groups in total. The fraction of sp³-hybridized carbons (Fsp3) is 0.200. The van der Waals surface area contributed by atoms with Crippen LogP contribution in [0.4, 0.5) is 5.69 Å². The van der Waals surface area contributed by atoms with Crippen molar-refractivity contribution < 1.29 is 9.66 Å². The molecule has 0 aliphatic heterocycles. The Bertz CT molecular complexity index is 567. The zero-order valence-electron chi connectivity index (χ0n) is 10.7. The number of rotatable bonds is 5. The third kappa shape index (κ3) is 3.31. The van der Waals surface area contributed by atoms with E-state index in [1.165, 1.54) is 6.07 Å². The molecule has 4 nitrogen and oxygen atoms in total. The molecule has 2 aromatic rings. The Balaban J connectivity index is 2.14. The van der Waals surface area contributed by atoms with Crippen molar-refractivity contribution in [2.45, 2.75) is 20.0 Å². The Morgan fingerprint density at radius 2 is 1.89 bits per heavy atom. The maximum absolute atomic E-state index is 10.7. The van der Waals surface area contributed by atoms with E-state index in [0.717, 1.165) is 11.1 Å². The summed E-state index contributed by atoms with van der Waals surface area (Å²) in [5.74, 6) is 0.706. The maximum atomic E-state index is 10.7. The van der Waals surface area contributed by atoms with Crippen molar-refractivity contribution in [2.75, 3.05) is 0 Å². The number of hydrogen-bond acceptors (Lipinski definition) is 3. The third-order valence-corrected chi connectivity index (χ3v) is 2.87. The molecule has 0 heterocycles. The Labute approximate surface area is 111 Å². The molecule has 0 saturated carbocycles. The number of benzene rings is 2. The lowest BCUT2D eigenvalue weighted by molar-refractivity contribution is -0.384. The monoisotopic (exact) mass is 257 g/mol. The number of nitro benzene ring substituents is 1. The molecule has 0 radical (unpaired) electrons. The van der Waals surface area contributed by atoms with Crippen LogP contribution < -0.4 is 4.74 Å². The van der Waals surface area contributed by atoms with Gasteiger partial charge in [0.2, 0.25) is 0 Å². The number of ether oxygens (including phenoxy) is 1. The van der Waals surface area contributed by atoms with Crippen LogP contribution in [0.1, 0.15) is 18.1 Å². The van der Waals surface area contributed by atoms with Crippen molar-refractivity contribution in [1.29, 1.82) is 0 Å². The van der Waals surface area contributed by atoms with Crippen molar-refractivity contribution in [3.63, 3.8) is 0 Å². The van der Waals surface area contributed by atoms with Crippen LogP contribution in [0.25, 0.3) is 0 Å². The smallest absolute Gasteiger partial charge is 0.269 e. The van der Waals surface area contributed by atoms with Gasteiger partial charge >= 0.3 is 0 Å². The summed E-state index contributed by atoms with van der Waals surface area (Å²) in [6.07, 6.45) is 0.700. The number of hydrogen-bond donors (Lipinski definition) is 0. The van der Waals surface area contributed by atoms with Gasteiger partial charge in [-0.1, -0.05) is 37.3 Å². The van der Waals surface area contributed by atoms with Crippen molar-refractivity contribution in [3.05, 3.63) is 69.8 Å². The summed E-state index contributed by atoms with van der Waals surface area (Å²) in [7, 11) is 0. The Kier molecular flexibility index (Phi) is 4.13. The van der Waals surface area contributed by atoms with E-state index in [1.54, 1.807) is 12.1 Å². The first-order chi connectivity index (χ1) is 9.20. The standard InChI is InChI=1S/C15H15NO3/c1-2-13-10-14(16(17)18)8-9-15(13)19-11-12-6-4-3-5-7-12/h3-10H,2,11H2,1H3. The van der Waals surface area contributed by atoms with Gasteiger partial charge in [0.1, 0.15) is 12.4 Å². The summed E-state index contributed by atoms with van der Waals surface area (Å²) < 4.78 is 5.73. The van der Waals surface area contributed by atoms with E-state index in [4.69, 9.17) is 4.74 Å². The van der Waals surface area contributed by atoms with Crippen LogP contribution >= 0.6 is 0 Å². The molecule has 0 fully saturated rings. The molecule has 0 aromatic heterocycles. The molecule has 0 bridgehead atoms. The molecule has 0 spiro atoms. The van der Waals surface area contributed by atoms with E-state index in [9.17, 15) is 10.1 Å². The molecule has 2 aromatic carbocycles. The summed E-state index contributed by atoms with van der Waals surface area (Å²) in [5, 5.41) is 10.7. The molecule has 0 aliphatic rings. The lowest BCUT2D eigenvalue weighted by atomic mass is 10.1. The third-order valence-electron chi connectivity index (χ3n) is 2.87. The predicted molar refractivity (Wildman–Crippen MR) is 73.2 cm³/mol. The summed E-state index contributed by atoms with van der Waals surface area (Å²) in [6, 6.07) is 14.5. The quantitative estimate of drug-likeness (QED) is 0.605. The second-order valence-corrected chi connectivity index (χ2v) is 4.18. The molecule has 4 heteroatoms. The summed E-state index contributed by atoms with van der Waals surface area (Å²) in [5.41, 5.74) is 2.02. The molecule has 0 saturated heterocycles. The molecule has 19 heavy (non-hydrogen) atoms. The summed E-state index contributed by atoms with van der Waals surface area (Å²) in [6.45, 7) is 2.42. The molecular formula is C15H15NO3. The van der Waals surface area contributed by atoms with Gasteiger partial charge in [0.25, 0.3) is 5.69 Å². The van der Waals surface area contributed by atoms with Gasteiger partial charge in [-0.15, -0.1) is 0 Å². The van der Waals surface area contributed by atoms with Crippen LogP contribution in [0.5, 0.6) is 5.75 Å². The maximum Gasteiger partial charge on any atom is 0.269 e. The van der Waals surface area contributed by atoms with Crippen molar-refractivity contribution in [2.24, 2.45) is 0 Å². The topological polar surface area (TPSA) is 52.4 Å². The first-order valence-corrected chi connectivity index (χ1v) is 6.14. The zero-order valence-corrected chi connectivity index (χ0v) is 10.7. The van der Waals surface area contributed by atoms with Crippen LogP contribution in [0.2, 0.25) is 0 Å². The van der Waals surface area contributed by atoms with E-state index in [0.29, 0.717) is 18.8 Å². The van der Waals surface area contributed by atoms with Crippen molar-refractivity contribution in [3.8, 4) is 5.75 Å². The fourth-order valence-corrected chi connectivity index (χ4v) is 1.83. The Morgan fingerprint density at radius 1 is 1.16 bits per heavy atom. The van der Waals surface area contributed by atoms with Crippen LogP contribution in [0.15, 0.2) is 48.5 Å². The average Bonchev–Trinajstić information content (AvgIpc) is 2.45. The van der Waals surface area contributed by atoms with Gasteiger partial charge in [0, 0.05) is 17.7 Å². The molecule has 98 valence electrons. The van der Waals surface area contributed by atoms with E-state index < -0.39 is 0 Å². The van der Waals surface area contributed by atoms with E-state index >= 15 is 0 Å². The normalized spacial score (nSPS) is 10.2. The highest BCUT2D eigenvalue weighted by Crippen LogP contribution is 2.25. The van der Waals surface area contributed by atoms with E-state index in [-0.39, 0.29) is 10.6 Å². The Morgan fingerprint density at radius 3 is 2.53 bits per heavy atom. The Hall–Kier alpha value is -2.36. The minimum absolute atomic E-state index is 0.101. The molecule has 2 rings (SSSR count). The van der Waals surface area contributed by atoms with Gasteiger partial charge < -0.3 is 4.74 Å². The number of nitro groups is 1. The average molecular weight is 257 g/mol. The first kappa shape index (κ1) is 13.1. The van der Waals surface area contributed by atoms with Gasteiger partial charge in [-0.2, -0.15) is 0 Å². The van der Waals surface area contributed by atoms with Crippen molar-refractivity contribution >= 4 is 5.69 Å². The van der Waals surface area contributed by atoms with Crippen LogP contribution in [-0.4, -0.2) is 4.92 Å². The molecular weight excluding hydrogens is 242 g/mol. The molecule has 0 aliphatic carbocycles. The summed E-state index contributed by atoms with van der Waals surface area (Å²) in [4.78, 5) is 10.3. The van der Waals surface area contributed by atoms with Gasteiger partial charge in [-0.25, -0.2) is 0 Å². The minimum Gasteiger partial charge on any atom is -0.489 e. The highest BCUT2D eigenvalue weighted by molar-refractivity contribution is 5.43. The predicted octanol–water partition coefficient (Wildman–Crippen LogP) is 3.74. The minimum atomic E-state index is -0.389. The lowest BCUT2D eigenvalue weighted by Crippen LogP contribution is -1.99. The van der Waals surface area contributed by atoms with Gasteiger partial charge in [-0.05, 0) is 18.1 Å².